The normalized spacial score (nSPS) is 11.6. The van der Waals surface area contributed by atoms with Crippen LogP contribution in [0.5, 0.6) is 11.5 Å². The highest BCUT2D eigenvalue weighted by molar-refractivity contribution is 7.93. The molecule has 160 valence electrons. The van der Waals surface area contributed by atoms with E-state index in [1.54, 1.807) is 24.8 Å². The molecule has 0 amide bonds. The van der Waals surface area contributed by atoms with Crippen LogP contribution in [0.2, 0.25) is 5.15 Å². The van der Waals surface area contributed by atoms with E-state index in [9.17, 15) is 13.5 Å². The van der Waals surface area contributed by atoms with Crippen LogP contribution in [0.1, 0.15) is 11.1 Å². The van der Waals surface area contributed by atoms with Crippen molar-refractivity contribution >= 4 is 48.9 Å². The van der Waals surface area contributed by atoms with E-state index in [0.717, 1.165) is 11.1 Å². The van der Waals surface area contributed by atoms with Crippen molar-refractivity contribution in [3.8, 4) is 11.5 Å². The molecule has 0 aliphatic heterocycles. The average Bonchev–Trinajstić information content (AvgIpc) is 3.29. The van der Waals surface area contributed by atoms with Crippen LogP contribution >= 0.6 is 22.9 Å². The minimum Gasteiger partial charge on any atom is -0.506 e. The maximum atomic E-state index is 13.6. The zero-order valence-electron chi connectivity index (χ0n) is 16.6. The number of thiazole rings is 1. The molecule has 4 aromatic rings. The monoisotopic (exact) mass is 475 g/mol. The van der Waals surface area contributed by atoms with Crippen LogP contribution in [-0.2, 0) is 16.6 Å². The van der Waals surface area contributed by atoms with Crippen molar-refractivity contribution in [1.82, 2.24) is 9.97 Å². The first-order valence-corrected chi connectivity index (χ1v) is 11.8. The number of hydrogen-bond donors (Lipinski definition) is 1. The summed E-state index contributed by atoms with van der Waals surface area (Å²) < 4.78 is 33.8. The number of ether oxygens (including phenoxy) is 1. The molecule has 0 spiro atoms. The van der Waals surface area contributed by atoms with Gasteiger partial charge in [0.2, 0.25) is 0 Å². The average molecular weight is 476 g/mol. The molecule has 0 unspecified atom stereocenters. The number of sulfonamides is 1. The standard InChI is InChI=1S/C21H18ClN3O4S2/c1-13-9-15(29-2)4-3-14(13)12-25(21-23-7-8-30-21)31(27,28)16-5-6-17-18(10-16)19(26)11-24-20(17)22/h3-11,26H,12H2,1-2H3. The van der Waals surface area contributed by atoms with Crippen molar-refractivity contribution in [1.29, 1.82) is 0 Å². The summed E-state index contributed by atoms with van der Waals surface area (Å²) in [4.78, 5) is 8.13. The van der Waals surface area contributed by atoms with E-state index in [1.807, 2.05) is 19.1 Å². The zero-order valence-corrected chi connectivity index (χ0v) is 19.0. The van der Waals surface area contributed by atoms with Crippen LogP contribution in [0.25, 0.3) is 10.8 Å². The fourth-order valence-electron chi connectivity index (χ4n) is 3.18. The number of methoxy groups -OCH3 is 1. The second-order valence-corrected chi connectivity index (χ2v) is 9.85. The molecule has 0 bridgehead atoms. The summed E-state index contributed by atoms with van der Waals surface area (Å²) in [6.07, 6.45) is 2.75. The molecule has 2 aromatic heterocycles. The quantitative estimate of drug-likeness (QED) is 0.404. The van der Waals surface area contributed by atoms with Crippen molar-refractivity contribution in [3.05, 3.63) is 70.5 Å². The lowest BCUT2D eigenvalue weighted by Gasteiger charge is -2.23. The molecule has 0 fully saturated rings. The van der Waals surface area contributed by atoms with Gasteiger partial charge in [0.15, 0.2) is 5.13 Å². The number of anilines is 1. The highest BCUT2D eigenvalue weighted by atomic mass is 35.5. The topological polar surface area (TPSA) is 92.6 Å². The van der Waals surface area contributed by atoms with E-state index in [2.05, 4.69) is 9.97 Å². The number of benzene rings is 2. The molecule has 0 aliphatic carbocycles. The van der Waals surface area contributed by atoms with Gasteiger partial charge in [-0.3, -0.25) is 0 Å². The molecule has 0 saturated carbocycles. The third-order valence-electron chi connectivity index (χ3n) is 4.87. The Labute approximate surface area is 188 Å². The van der Waals surface area contributed by atoms with E-state index >= 15 is 0 Å². The molecular formula is C21H18ClN3O4S2. The Balaban J connectivity index is 1.82. The fraction of sp³-hybridized carbons (Fsp3) is 0.143. The number of nitrogens with zero attached hydrogens (tertiary/aromatic N) is 3. The van der Waals surface area contributed by atoms with Gasteiger partial charge in [-0.15, -0.1) is 11.3 Å². The number of rotatable bonds is 6. The number of aromatic nitrogens is 2. The van der Waals surface area contributed by atoms with Crippen LogP contribution in [0.15, 0.2) is 59.1 Å². The van der Waals surface area contributed by atoms with Gasteiger partial charge in [0.25, 0.3) is 10.0 Å². The molecule has 4 rings (SSSR count). The summed E-state index contributed by atoms with van der Waals surface area (Å²) in [7, 11) is -2.42. The van der Waals surface area contributed by atoms with Crippen LogP contribution in [0.4, 0.5) is 5.13 Å². The molecule has 1 N–H and O–H groups in total. The Morgan fingerprint density at radius 2 is 1.97 bits per heavy atom. The Hall–Kier alpha value is -2.88. The van der Waals surface area contributed by atoms with Crippen LogP contribution < -0.4 is 9.04 Å². The van der Waals surface area contributed by atoms with E-state index in [1.165, 1.54) is 40.0 Å². The maximum Gasteiger partial charge on any atom is 0.266 e. The number of hydrogen-bond acceptors (Lipinski definition) is 7. The van der Waals surface area contributed by atoms with Crippen molar-refractivity contribution < 1.29 is 18.3 Å². The maximum absolute atomic E-state index is 13.6. The smallest absolute Gasteiger partial charge is 0.266 e. The van der Waals surface area contributed by atoms with Gasteiger partial charge in [0, 0.05) is 22.3 Å². The second kappa shape index (κ2) is 8.33. The van der Waals surface area contributed by atoms with Gasteiger partial charge in [-0.25, -0.2) is 22.7 Å². The molecule has 0 atom stereocenters. The summed E-state index contributed by atoms with van der Waals surface area (Å²) in [5.74, 6) is 0.545. The number of fused-ring (bicyclic) bond motifs is 1. The number of aryl methyl sites for hydroxylation is 1. The summed E-state index contributed by atoms with van der Waals surface area (Å²) in [6.45, 7) is 1.99. The molecule has 31 heavy (non-hydrogen) atoms. The molecule has 0 saturated heterocycles. The summed E-state index contributed by atoms with van der Waals surface area (Å²) in [5.41, 5.74) is 1.71. The fourth-order valence-corrected chi connectivity index (χ4v) is 5.69. The Morgan fingerprint density at radius 1 is 1.16 bits per heavy atom. The van der Waals surface area contributed by atoms with Crippen molar-refractivity contribution in [2.45, 2.75) is 18.4 Å². The van der Waals surface area contributed by atoms with Gasteiger partial charge < -0.3 is 9.84 Å². The highest BCUT2D eigenvalue weighted by Gasteiger charge is 2.28. The summed E-state index contributed by atoms with van der Waals surface area (Å²) >= 11 is 7.31. The number of aromatic hydroxyl groups is 1. The van der Waals surface area contributed by atoms with Gasteiger partial charge in [-0.05, 0) is 48.4 Å². The molecular weight excluding hydrogens is 458 g/mol. The van der Waals surface area contributed by atoms with Gasteiger partial charge >= 0.3 is 0 Å². The Bertz CT molecular complexity index is 1360. The van der Waals surface area contributed by atoms with Crippen molar-refractivity contribution in [3.63, 3.8) is 0 Å². The molecule has 2 aromatic carbocycles. The predicted molar refractivity (Wildman–Crippen MR) is 122 cm³/mol. The van der Waals surface area contributed by atoms with Crippen LogP contribution in [0, 0.1) is 6.92 Å². The first-order chi connectivity index (χ1) is 14.8. The lowest BCUT2D eigenvalue weighted by Crippen LogP contribution is -2.30. The number of halogens is 1. The Morgan fingerprint density at radius 3 is 2.65 bits per heavy atom. The van der Waals surface area contributed by atoms with E-state index in [4.69, 9.17) is 16.3 Å². The molecule has 0 aliphatic rings. The van der Waals surface area contributed by atoms with Crippen LogP contribution in [0.3, 0.4) is 0 Å². The SMILES string of the molecule is COc1ccc(CN(c2nccs2)S(=O)(=O)c2ccc3c(Cl)ncc(O)c3c2)c(C)c1. The third-order valence-corrected chi connectivity index (χ3v) is 7.82. The van der Waals surface area contributed by atoms with Gasteiger partial charge in [0.1, 0.15) is 16.7 Å². The van der Waals surface area contributed by atoms with Crippen LogP contribution in [-0.4, -0.2) is 30.6 Å². The van der Waals surface area contributed by atoms with Crippen molar-refractivity contribution in [2.24, 2.45) is 0 Å². The molecule has 10 heteroatoms. The lowest BCUT2D eigenvalue weighted by molar-refractivity contribution is 0.414. The predicted octanol–water partition coefficient (Wildman–Crippen LogP) is 4.76. The van der Waals surface area contributed by atoms with Gasteiger partial charge in [-0.1, -0.05) is 17.7 Å². The first-order valence-electron chi connectivity index (χ1n) is 9.14. The highest BCUT2D eigenvalue weighted by Crippen LogP contribution is 2.34. The zero-order chi connectivity index (χ0) is 22.2. The minimum atomic E-state index is -4.00. The van der Waals surface area contributed by atoms with Gasteiger partial charge in [0.05, 0.1) is 24.7 Å². The molecule has 7 nitrogen and oxygen atoms in total. The minimum absolute atomic E-state index is 0.0129. The Kier molecular flexibility index (Phi) is 5.74. The molecule has 2 heterocycles. The third kappa shape index (κ3) is 4.04. The molecule has 0 radical (unpaired) electrons. The van der Waals surface area contributed by atoms with E-state index in [0.29, 0.717) is 21.7 Å². The largest absolute Gasteiger partial charge is 0.506 e. The summed E-state index contributed by atoms with van der Waals surface area (Å²) in [5, 5.41) is 13.2. The van der Waals surface area contributed by atoms with Gasteiger partial charge in [-0.2, -0.15) is 0 Å². The summed E-state index contributed by atoms with van der Waals surface area (Å²) in [6, 6.07) is 9.86. The first kappa shape index (κ1) is 21.4. The lowest BCUT2D eigenvalue weighted by atomic mass is 10.1. The number of pyridine rings is 1. The van der Waals surface area contributed by atoms with Crippen molar-refractivity contribution in [2.75, 3.05) is 11.4 Å². The van der Waals surface area contributed by atoms with E-state index in [-0.39, 0.29) is 22.3 Å². The second-order valence-electron chi connectivity index (χ2n) is 6.76. The van der Waals surface area contributed by atoms with E-state index < -0.39 is 10.0 Å².